The van der Waals surface area contributed by atoms with Crippen LogP contribution in [0.15, 0.2) is 57.7 Å². The largest absolute Gasteiger partial charge is 0.419 e. The van der Waals surface area contributed by atoms with Gasteiger partial charge in [-0.05, 0) is 68.0 Å². The van der Waals surface area contributed by atoms with Crippen LogP contribution in [0.25, 0.3) is 11.1 Å². The van der Waals surface area contributed by atoms with E-state index in [9.17, 15) is 4.79 Å². The van der Waals surface area contributed by atoms with Gasteiger partial charge in [0.25, 0.3) is 0 Å². The first-order valence-corrected chi connectivity index (χ1v) is 9.54. The molecular formula is C22H26N2O2. The summed E-state index contributed by atoms with van der Waals surface area (Å²) >= 11 is 0. The molecule has 4 nitrogen and oxygen atoms in total. The lowest BCUT2D eigenvalue weighted by atomic mass is 9.90. The molecule has 4 heteroatoms. The molecule has 0 unspecified atom stereocenters. The minimum Gasteiger partial charge on any atom is -0.408 e. The Hall–Kier alpha value is -2.33. The van der Waals surface area contributed by atoms with E-state index in [4.69, 9.17) is 4.42 Å². The molecule has 2 heterocycles. The zero-order chi connectivity index (χ0) is 17.9. The monoisotopic (exact) mass is 350 g/mol. The second-order valence-corrected chi connectivity index (χ2v) is 7.45. The number of oxazole rings is 1. The number of nitrogens with zero attached hydrogens (tertiary/aromatic N) is 2. The van der Waals surface area contributed by atoms with Gasteiger partial charge in [0.1, 0.15) is 0 Å². The first kappa shape index (κ1) is 17.1. The van der Waals surface area contributed by atoms with E-state index >= 15 is 0 Å². The third-order valence-electron chi connectivity index (χ3n) is 5.65. The highest BCUT2D eigenvalue weighted by atomic mass is 16.4. The molecule has 1 aliphatic rings. The van der Waals surface area contributed by atoms with Gasteiger partial charge in [-0.2, -0.15) is 0 Å². The Morgan fingerprint density at radius 1 is 1.04 bits per heavy atom. The van der Waals surface area contributed by atoms with Crippen molar-refractivity contribution in [2.45, 2.75) is 25.7 Å². The van der Waals surface area contributed by atoms with E-state index in [1.165, 1.54) is 43.5 Å². The summed E-state index contributed by atoms with van der Waals surface area (Å²) in [5.41, 5.74) is 4.25. The van der Waals surface area contributed by atoms with Crippen LogP contribution < -0.4 is 5.76 Å². The normalized spacial score (nSPS) is 16.3. The fourth-order valence-corrected chi connectivity index (χ4v) is 3.98. The van der Waals surface area contributed by atoms with Gasteiger partial charge < -0.3 is 9.32 Å². The molecule has 1 aromatic heterocycles. The fourth-order valence-electron chi connectivity index (χ4n) is 3.98. The highest BCUT2D eigenvalue weighted by molar-refractivity contribution is 5.73. The second-order valence-electron chi connectivity index (χ2n) is 7.45. The van der Waals surface area contributed by atoms with Crippen LogP contribution in [0.3, 0.4) is 0 Å². The summed E-state index contributed by atoms with van der Waals surface area (Å²) in [6.07, 6.45) is 4.76. The molecule has 0 aliphatic carbocycles. The lowest BCUT2D eigenvalue weighted by molar-refractivity contribution is 0.186. The van der Waals surface area contributed by atoms with Gasteiger partial charge >= 0.3 is 5.76 Å². The Morgan fingerprint density at radius 3 is 2.58 bits per heavy atom. The molecule has 0 bridgehead atoms. The molecule has 0 N–H and O–H groups in total. The SMILES string of the molecule is Cn1c(=O)oc2cc(CCN3CCC(Cc4ccccc4)CC3)ccc21. The van der Waals surface area contributed by atoms with Gasteiger partial charge in [0, 0.05) is 13.6 Å². The minimum absolute atomic E-state index is 0.294. The van der Waals surface area contributed by atoms with Crippen molar-refractivity contribution in [3.05, 3.63) is 70.2 Å². The van der Waals surface area contributed by atoms with Gasteiger partial charge in [0.15, 0.2) is 5.58 Å². The van der Waals surface area contributed by atoms with Crippen molar-refractivity contribution in [1.82, 2.24) is 9.47 Å². The summed E-state index contributed by atoms with van der Waals surface area (Å²) in [5, 5.41) is 0. The highest BCUT2D eigenvalue weighted by Crippen LogP contribution is 2.22. The number of hydrogen-bond acceptors (Lipinski definition) is 3. The summed E-state index contributed by atoms with van der Waals surface area (Å²) < 4.78 is 6.85. The van der Waals surface area contributed by atoms with Crippen molar-refractivity contribution in [2.24, 2.45) is 13.0 Å². The number of hydrogen-bond donors (Lipinski definition) is 0. The maximum atomic E-state index is 11.6. The predicted octanol–water partition coefficient (Wildman–Crippen LogP) is 3.63. The summed E-state index contributed by atoms with van der Waals surface area (Å²) in [5.74, 6) is 0.515. The second kappa shape index (κ2) is 7.50. The van der Waals surface area contributed by atoms with Crippen molar-refractivity contribution in [1.29, 1.82) is 0 Å². The molecule has 0 amide bonds. The predicted molar refractivity (Wildman–Crippen MR) is 104 cm³/mol. The maximum Gasteiger partial charge on any atom is 0.419 e. The number of benzene rings is 2. The number of fused-ring (bicyclic) bond motifs is 1. The molecule has 4 rings (SSSR count). The number of piperidine rings is 1. The van der Waals surface area contributed by atoms with Crippen molar-refractivity contribution in [3.63, 3.8) is 0 Å². The van der Waals surface area contributed by atoms with E-state index in [1.54, 1.807) is 11.6 Å². The van der Waals surface area contributed by atoms with Crippen LogP contribution >= 0.6 is 0 Å². The lowest BCUT2D eigenvalue weighted by Gasteiger charge is -2.32. The Bertz CT molecular complexity index is 918. The standard InChI is InChI=1S/C22H26N2O2/c1-23-20-8-7-18(16-21(20)26-22(23)25)9-12-24-13-10-19(11-14-24)15-17-5-3-2-4-6-17/h2-8,16,19H,9-15H2,1H3. The summed E-state index contributed by atoms with van der Waals surface area (Å²) in [6.45, 7) is 3.43. The molecule has 0 saturated carbocycles. The topological polar surface area (TPSA) is 38.4 Å². The molecule has 26 heavy (non-hydrogen) atoms. The van der Waals surface area contributed by atoms with Gasteiger partial charge in [-0.3, -0.25) is 4.57 Å². The molecule has 1 saturated heterocycles. The summed E-state index contributed by atoms with van der Waals surface area (Å²) in [6, 6.07) is 16.9. The van der Waals surface area contributed by atoms with Gasteiger partial charge in [-0.1, -0.05) is 36.4 Å². The van der Waals surface area contributed by atoms with Crippen molar-refractivity contribution in [2.75, 3.05) is 19.6 Å². The molecule has 1 aliphatic heterocycles. The van der Waals surface area contributed by atoms with Crippen LogP contribution in [0.4, 0.5) is 0 Å². The zero-order valence-electron chi connectivity index (χ0n) is 15.4. The molecule has 136 valence electrons. The number of rotatable bonds is 5. The van der Waals surface area contributed by atoms with Gasteiger partial charge in [-0.25, -0.2) is 4.79 Å². The molecule has 1 fully saturated rings. The summed E-state index contributed by atoms with van der Waals surface area (Å²) in [4.78, 5) is 14.2. The zero-order valence-corrected chi connectivity index (χ0v) is 15.4. The van der Waals surface area contributed by atoms with E-state index in [0.29, 0.717) is 5.58 Å². The molecule has 2 aromatic carbocycles. The highest BCUT2D eigenvalue weighted by Gasteiger charge is 2.19. The van der Waals surface area contributed by atoms with Crippen LogP contribution in [-0.4, -0.2) is 29.1 Å². The van der Waals surface area contributed by atoms with Crippen LogP contribution in [0.5, 0.6) is 0 Å². The van der Waals surface area contributed by atoms with E-state index in [2.05, 4.69) is 41.3 Å². The average Bonchev–Trinajstić information content (AvgIpc) is 2.95. The third kappa shape index (κ3) is 3.75. The van der Waals surface area contributed by atoms with Crippen LogP contribution in [0, 0.1) is 5.92 Å². The van der Waals surface area contributed by atoms with Gasteiger partial charge in [0.2, 0.25) is 0 Å². The Labute approximate surface area is 154 Å². The van der Waals surface area contributed by atoms with Crippen LogP contribution in [0.1, 0.15) is 24.0 Å². The van der Waals surface area contributed by atoms with E-state index in [-0.39, 0.29) is 5.76 Å². The lowest BCUT2D eigenvalue weighted by Crippen LogP contribution is -2.35. The van der Waals surface area contributed by atoms with Crippen molar-refractivity contribution >= 4 is 11.1 Å². The Morgan fingerprint density at radius 2 is 1.81 bits per heavy atom. The average molecular weight is 350 g/mol. The number of aryl methyl sites for hydroxylation is 1. The minimum atomic E-state index is -0.294. The molecule has 0 radical (unpaired) electrons. The maximum absolute atomic E-state index is 11.6. The summed E-state index contributed by atoms with van der Waals surface area (Å²) in [7, 11) is 1.74. The van der Waals surface area contributed by atoms with E-state index in [1.807, 2.05) is 12.1 Å². The molecule has 3 aromatic rings. The van der Waals surface area contributed by atoms with E-state index < -0.39 is 0 Å². The van der Waals surface area contributed by atoms with Crippen LogP contribution in [-0.2, 0) is 19.9 Å². The number of aromatic nitrogens is 1. The fraction of sp³-hybridized carbons (Fsp3) is 0.409. The quantitative estimate of drug-likeness (QED) is 0.705. The molecule has 0 atom stereocenters. The van der Waals surface area contributed by atoms with Crippen molar-refractivity contribution in [3.8, 4) is 0 Å². The third-order valence-corrected chi connectivity index (χ3v) is 5.65. The van der Waals surface area contributed by atoms with Gasteiger partial charge in [-0.15, -0.1) is 0 Å². The van der Waals surface area contributed by atoms with E-state index in [0.717, 1.165) is 24.4 Å². The van der Waals surface area contributed by atoms with Crippen molar-refractivity contribution < 1.29 is 4.42 Å². The first-order valence-electron chi connectivity index (χ1n) is 9.54. The molecular weight excluding hydrogens is 324 g/mol. The smallest absolute Gasteiger partial charge is 0.408 e. The Kier molecular flexibility index (Phi) is 4.93. The first-order chi connectivity index (χ1) is 12.7. The molecule has 0 spiro atoms. The number of likely N-dealkylation sites (tertiary alicyclic amines) is 1. The Balaban J connectivity index is 1.29. The van der Waals surface area contributed by atoms with Gasteiger partial charge in [0.05, 0.1) is 5.52 Å². The van der Waals surface area contributed by atoms with Crippen LogP contribution in [0.2, 0.25) is 0 Å².